The summed E-state index contributed by atoms with van der Waals surface area (Å²) >= 11 is 0. The van der Waals surface area contributed by atoms with E-state index in [-0.39, 0.29) is 37.5 Å². The maximum Gasteiger partial charge on any atom is 0.303 e. The predicted octanol–water partition coefficient (Wildman–Crippen LogP) is 1.68. The van der Waals surface area contributed by atoms with E-state index >= 15 is 0 Å². The minimum absolute atomic E-state index is 0.0299. The smallest absolute Gasteiger partial charge is 0.303 e. The predicted molar refractivity (Wildman–Crippen MR) is 92.1 cm³/mol. The van der Waals surface area contributed by atoms with Crippen LogP contribution in [0.1, 0.15) is 70.6 Å². The Kier molecular flexibility index (Phi) is 14.1. The first-order chi connectivity index (χ1) is 11.9. The fraction of sp³-hybridized carbons (Fsp3) is 0.765. The van der Waals surface area contributed by atoms with E-state index in [9.17, 15) is 19.2 Å². The van der Waals surface area contributed by atoms with Gasteiger partial charge in [-0.3, -0.25) is 19.2 Å². The second-order valence-electron chi connectivity index (χ2n) is 5.96. The molecule has 0 spiro atoms. The number of unbranched alkanes of at least 4 members (excludes halogenated alkanes) is 6. The lowest BCUT2D eigenvalue weighted by Crippen LogP contribution is -2.24. The van der Waals surface area contributed by atoms with E-state index in [1.165, 1.54) is 0 Å². The van der Waals surface area contributed by atoms with Crippen molar-refractivity contribution in [3.63, 3.8) is 0 Å². The van der Waals surface area contributed by atoms with Crippen LogP contribution in [0.25, 0.3) is 0 Å². The van der Waals surface area contributed by atoms with Crippen molar-refractivity contribution in [1.29, 1.82) is 0 Å². The number of aliphatic carboxylic acids is 2. The molecule has 0 fully saturated rings. The zero-order valence-electron chi connectivity index (χ0n) is 14.7. The van der Waals surface area contributed by atoms with Gasteiger partial charge in [0.2, 0.25) is 11.8 Å². The summed E-state index contributed by atoms with van der Waals surface area (Å²) in [6.07, 6.45) is 6.86. The van der Waals surface area contributed by atoms with Gasteiger partial charge in [-0.05, 0) is 12.8 Å². The van der Waals surface area contributed by atoms with Crippen LogP contribution in [0.4, 0.5) is 0 Å². The summed E-state index contributed by atoms with van der Waals surface area (Å²) in [4.78, 5) is 43.2. The summed E-state index contributed by atoms with van der Waals surface area (Å²) in [5.41, 5.74) is 0. The SMILES string of the molecule is O=C(O)CCC(=O)NCCCCCCCCCNC(=O)CCC(=O)O. The van der Waals surface area contributed by atoms with Crippen molar-refractivity contribution in [1.82, 2.24) is 10.6 Å². The number of rotatable bonds is 16. The van der Waals surface area contributed by atoms with Crippen LogP contribution in [0.15, 0.2) is 0 Å². The minimum atomic E-state index is -0.963. The largest absolute Gasteiger partial charge is 0.481 e. The van der Waals surface area contributed by atoms with E-state index < -0.39 is 11.9 Å². The van der Waals surface area contributed by atoms with Gasteiger partial charge in [-0.25, -0.2) is 0 Å². The fourth-order valence-electron chi connectivity index (χ4n) is 2.21. The van der Waals surface area contributed by atoms with E-state index in [2.05, 4.69) is 10.6 Å². The third-order valence-corrected chi connectivity index (χ3v) is 3.63. The van der Waals surface area contributed by atoms with Crippen LogP contribution in [0.2, 0.25) is 0 Å². The molecule has 2 amide bonds. The lowest BCUT2D eigenvalue weighted by molar-refractivity contribution is -0.139. The van der Waals surface area contributed by atoms with Crippen molar-refractivity contribution in [3.05, 3.63) is 0 Å². The molecule has 0 aliphatic carbocycles. The molecule has 8 nitrogen and oxygen atoms in total. The molecule has 0 rings (SSSR count). The van der Waals surface area contributed by atoms with Gasteiger partial charge < -0.3 is 20.8 Å². The van der Waals surface area contributed by atoms with Crippen molar-refractivity contribution in [2.75, 3.05) is 13.1 Å². The van der Waals surface area contributed by atoms with Gasteiger partial charge in [0, 0.05) is 25.9 Å². The monoisotopic (exact) mass is 358 g/mol. The molecular weight excluding hydrogens is 328 g/mol. The molecule has 0 saturated carbocycles. The number of amides is 2. The van der Waals surface area contributed by atoms with Gasteiger partial charge >= 0.3 is 11.9 Å². The standard InChI is InChI=1S/C17H30N2O6/c20-14(8-10-16(22)23)18-12-6-4-2-1-3-5-7-13-19-15(21)9-11-17(24)25/h1-13H2,(H,18,20)(H,19,21)(H,22,23)(H,24,25). The lowest BCUT2D eigenvalue weighted by atomic mass is 10.1. The Morgan fingerprint density at radius 2 is 0.840 bits per heavy atom. The molecular formula is C17H30N2O6. The zero-order chi connectivity index (χ0) is 18.9. The fourth-order valence-corrected chi connectivity index (χ4v) is 2.21. The molecule has 0 bridgehead atoms. The number of nitrogens with one attached hydrogen (secondary N) is 2. The lowest BCUT2D eigenvalue weighted by Gasteiger charge is -2.05. The maximum absolute atomic E-state index is 11.3. The number of carboxylic acids is 2. The van der Waals surface area contributed by atoms with E-state index in [0.29, 0.717) is 13.1 Å². The molecule has 0 aromatic carbocycles. The number of carbonyl (C=O) groups is 4. The van der Waals surface area contributed by atoms with Gasteiger partial charge in [-0.15, -0.1) is 0 Å². The normalized spacial score (nSPS) is 10.2. The van der Waals surface area contributed by atoms with Crippen LogP contribution in [-0.4, -0.2) is 47.1 Å². The van der Waals surface area contributed by atoms with Crippen LogP contribution < -0.4 is 10.6 Å². The van der Waals surface area contributed by atoms with Crippen LogP contribution in [0.5, 0.6) is 0 Å². The summed E-state index contributed by atoms with van der Waals surface area (Å²) in [6.45, 7) is 1.17. The average Bonchev–Trinajstić information content (AvgIpc) is 2.55. The highest BCUT2D eigenvalue weighted by Gasteiger charge is 2.05. The molecule has 0 aromatic rings. The molecule has 25 heavy (non-hydrogen) atoms. The van der Waals surface area contributed by atoms with E-state index in [1.54, 1.807) is 0 Å². The molecule has 0 aliphatic heterocycles. The number of hydrogen-bond donors (Lipinski definition) is 4. The highest BCUT2D eigenvalue weighted by Crippen LogP contribution is 2.06. The average molecular weight is 358 g/mol. The van der Waals surface area contributed by atoms with E-state index in [1.807, 2.05) is 0 Å². The van der Waals surface area contributed by atoms with Crippen molar-refractivity contribution < 1.29 is 29.4 Å². The van der Waals surface area contributed by atoms with Crippen LogP contribution in [0, 0.1) is 0 Å². The van der Waals surface area contributed by atoms with Crippen molar-refractivity contribution >= 4 is 23.8 Å². The Morgan fingerprint density at radius 1 is 0.520 bits per heavy atom. The van der Waals surface area contributed by atoms with Gasteiger partial charge in [-0.2, -0.15) is 0 Å². The number of carbonyl (C=O) groups excluding carboxylic acids is 2. The summed E-state index contributed by atoms with van der Waals surface area (Å²) < 4.78 is 0. The van der Waals surface area contributed by atoms with Crippen molar-refractivity contribution in [2.45, 2.75) is 70.6 Å². The molecule has 8 heteroatoms. The van der Waals surface area contributed by atoms with Gasteiger partial charge in [0.1, 0.15) is 0 Å². The molecule has 0 saturated heterocycles. The van der Waals surface area contributed by atoms with E-state index in [0.717, 1.165) is 44.9 Å². The topological polar surface area (TPSA) is 133 Å². The van der Waals surface area contributed by atoms with Crippen molar-refractivity contribution in [2.24, 2.45) is 0 Å². The summed E-state index contributed by atoms with van der Waals surface area (Å²) in [5.74, 6) is -2.36. The first-order valence-corrected chi connectivity index (χ1v) is 8.89. The first-order valence-electron chi connectivity index (χ1n) is 8.89. The second-order valence-corrected chi connectivity index (χ2v) is 5.96. The molecule has 0 aromatic heterocycles. The van der Waals surface area contributed by atoms with Crippen LogP contribution in [0.3, 0.4) is 0 Å². The van der Waals surface area contributed by atoms with Gasteiger partial charge in [-0.1, -0.05) is 32.1 Å². The summed E-state index contributed by atoms with van der Waals surface area (Å²) in [5, 5.41) is 22.3. The van der Waals surface area contributed by atoms with Crippen molar-refractivity contribution in [3.8, 4) is 0 Å². The van der Waals surface area contributed by atoms with E-state index in [4.69, 9.17) is 10.2 Å². The Bertz CT molecular complexity index is 387. The Balaban J connectivity index is 3.26. The number of carboxylic acid groups (broad SMARTS) is 2. The second kappa shape index (κ2) is 15.4. The van der Waals surface area contributed by atoms with Crippen LogP contribution >= 0.6 is 0 Å². The molecule has 0 heterocycles. The Labute approximate surface area is 148 Å². The third kappa shape index (κ3) is 18.1. The first kappa shape index (κ1) is 22.9. The quantitative estimate of drug-likeness (QED) is 0.310. The van der Waals surface area contributed by atoms with Gasteiger partial charge in [0.25, 0.3) is 0 Å². The van der Waals surface area contributed by atoms with Gasteiger partial charge in [0.05, 0.1) is 12.8 Å². The van der Waals surface area contributed by atoms with Gasteiger partial charge in [0.15, 0.2) is 0 Å². The Hall–Kier alpha value is -2.12. The zero-order valence-corrected chi connectivity index (χ0v) is 14.7. The molecule has 144 valence electrons. The van der Waals surface area contributed by atoms with Crippen LogP contribution in [-0.2, 0) is 19.2 Å². The summed E-state index contributed by atoms with van der Waals surface area (Å²) in [6, 6.07) is 0. The molecule has 0 atom stereocenters. The minimum Gasteiger partial charge on any atom is -0.481 e. The third-order valence-electron chi connectivity index (χ3n) is 3.63. The molecule has 0 unspecified atom stereocenters. The highest BCUT2D eigenvalue weighted by atomic mass is 16.4. The maximum atomic E-state index is 11.3. The molecule has 0 radical (unpaired) electrons. The molecule has 4 N–H and O–H groups in total. The highest BCUT2D eigenvalue weighted by molar-refractivity contribution is 5.81. The molecule has 0 aliphatic rings. The summed E-state index contributed by atoms with van der Waals surface area (Å²) in [7, 11) is 0. The Morgan fingerprint density at radius 3 is 1.16 bits per heavy atom. The number of hydrogen-bond acceptors (Lipinski definition) is 4.